The number of rotatable bonds is 11. The molecule has 0 aromatic heterocycles. The Hall–Kier alpha value is -4.19. The van der Waals surface area contributed by atoms with Crippen LogP contribution in [0.25, 0.3) is 0 Å². The molecule has 212 valence electrons. The topological polar surface area (TPSA) is 44.8 Å². The highest BCUT2D eigenvalue weighted by atomic mass is 19.3. The maximum Gasteiger partial charge on any atom is 0.305 e. The standard InChI is InChI=1S/C35H34F2O4/c1-39-33(38)20-21-35(36,37)24-41-29-15-12-27(13-16-29)34-31(26-10-6-3-7-11-26)18-14-28-22-30(17-19-32(28)34)40-23-25-8-4-2-5-9-25/h2-13,15-17,19,22,31,34H,14,18,20-21,23-24H2,1H3. The number of methoxy groups -OCH3 is 1. The van der Waals surface area contributed by atoms with Crippen LogP contribution in [0, 0.1) is 0 Å². The number of fused-ring (bicyclic) bond motifs is 1. The summed E-state index contributed by atoms with van der Waals surface area (Å²) in [5, 5.41) is 0. The molecule has 4 aromatic rings. The van der Waals surface area contributed by atoms with Gasteiger partial charge in [-0.15, -0.1) is 0 Å². The predicted octanol–water partition coefficient (Wildman–Crippen LogP) is 8.09. The highest BCUT2D eigenvalue weighted by Crippen LogP contribution is 2.47. The third-order valence-electron chi connectivity index (χ3n) is 7.66. The van der Waals surface area contributed by atoms with Crippen LogP contribution in [0.15, 0.2) is 103 Å². The van der Waals surface area contributed by atoms with Crippen molar-refractivity contribution in [2.45, 2.75) is 50.0 Å². The van der Waals surface area contributed by atoms with E-state index >= 15 is 0 Å². The molecule has 0 aliphatic heterocycles. The van der Waals surface area contributed by atoms with Crippen molar-refractivity contribution in [1.82, 2.24) is 0 Å². The fourth-order valence-electron chi connectivity index (χ4n) is 5.52. The fourth-order valence-corrected chi connectivity index (χ4v) is 5.52. The Balaban J connectivity index is 1.35. The molecule has 0 bridgehead atoms. The Morgan fingerprint density at radius 1 is 0.829 bits per heavy atom. The molecule has 0 spiro atoms. The number of hydrogen-bond acceptors (Lipinski definition) is 4. The van der Waals surface area contributed by atoms with E-state index < -0.39 is 24.9 Å². The molecule has 6 heteroatoms. The van der Waals surface area contributed by atoms with Gasteiger partial charge in [-0.1, -0.05) is 78.9 Å². The van der Waals surface area contributed by atoms with E-state index in [1.54, 1.807) is 12.1 Å². The summed E-state index contributed by atoms with van der Waals surface area (Å²) < 4.78 is 44.4. The molecule has 4 nitrogen and oxygen atoms in total. The molecule has 0 saturated carbocycles. The summed E-state index contributed by atoms with van der Waals surface area (Å²) in [5.41, 5.74) is 6.01. The molecule has 2 unspecified atom stereocenters. The molecule has 5 rings (SSSR count). The largest absolute Gasteiger partial charge is 0.489 e. The average molecular weight is 557 g/mol. The van der Waals surface area contributed by atoms with Crippen LogP contribution in [0.5, 0.6) is 11.5 Å². The zero-order valence-electron chi connectivity index (χ0n) is 23.1. The molecular weight excluding hydrogens is 522 g/mol. The van der Waals surface area contributed by atoms with Crippen molar-refractivity contribution in [2.75, 3.05) is 13.7 Å². The smallest absolute Gasteiger partial charge is 0.305 e. The first-order chi connectivity index (χ1) is 19.9. The number of carbonyl (C=O) groups excluding carboxylic acids is 1. The lowest BCUT2D eigenvalue weighted by atomic mass is 9.69. The molecular formula is C35H34F2O4. The van der Waals surface area contributed by atoms with Crippen LogP contribution in [-0.4, -0.2) is 25.6 Å². The lowest BCUT2D eigenvalue weighted by Gasteiger charge is -2.35. The molecule has 1 aliphatic carbocycles. The van der Waals surface area contributed by atoms with Crippen molar-refractivity contribution >= 4 is 5.97 Å². The minimum atomic E-state index is -3.13. The molecule has 2 atom stereocenters. The van der Waals surface area contributed by atoms with Gasteiger partial charge in [0.05, 0.1) is 13.5 Å². The van der Waals surface area contributed by atoms with E-state index in [-0.39, 0.29) is 18.3 Å². The number of hydrogen-bond donors (Lipinski definition) is 0. The number of ether oxygens (including phenoxy) is 3. The maximum absolute atomic E-state index is 14.2. The zero-order chi connectivity index (χ0) is 28.7. The molecule has 0 heterocycles. The van der Waals surface area contributed by atoms with Gasteiger partial charge in [0.1, 0.15) is 18.1 Å². The fraction of sp³-hybridized carbons (Fsp3) is 0.286. The molecule has 0 fully saturated rings. The van der Waals surface area contributed by atoms with E-state index in [9.17, 15) is 13.6 Å². The average Bonchev–Trinajstić information content (AvgIpc) is 3.02. The Morgan fingerprint density at radius 2 is 1.51 bits per heavy atom. The van der Waals surface area contributed by atoms with Crippen molar-refractivity contribution < 1.29 is 27.8 Å². The summed E-state index contributed by atoms with van der Waals surface area (Å²) in [6.45, 7) is -0.285. The van der Waals surface area contributed by atoms with E-state index in [2.05, 4.69) is 53.3 Å². The number of esters is 1. The van der Waals surface area contributed by atoms with Crippen molar-refractivity contribution in [3.63, 3.8) is 0 Å². The summed E-state index contributed by atoms with van der Waals surface area (Å²) in [5.74, 6) is -2.21. The van der Waals surface area contributed by atoms with E-state index in [4.69, 9.17) is 9.47 Å². The first-order valence-corrected chi connectivity index (χ1v) is 13.9. The highest BCUT2D eigenvalue weighted by Gasteiger charge is 2.33. The van der Waals surface area contributed by atoms with Crippen LogP contribution in [0.1, 0.15) is 58.9 Å². The van der Waals surface area contributed by atoms with Crippen molar-refractivity contribution in [1.29, 1.82) is 0 Å². The van der Waals surface area contributed by atoms with Gasteiger partial charge >= 0.3 is 5.97 Å². The van der Waals surface area contributed by atoms with Gasteiger partial charge in [0, 0.05) is 12.3 Å². The molecule has 0 amide bonds. The second-order valence-corrected chi connectivity index (χ2v) is 10.5. The molecule has 0 radical (unpaired) electrons. The van der Waals surface area contributed by atoms with Crippen molar-refractivity contribution in [3.8, 4) is 11.5 Å². The van der Waals surface area contributed by atoms with Gasteiger partial charge in [-0.25, -0.2) is 8.78 Å². The van der Waals surface area contributed by atoms with Crippen molar-refractivity contribution in [3.05, 3.63) is 131 Å². The van der Waals surface area contributed by atoms with Gasteiger partial charge in [0.2, 0.25) is 0 Å². The van der Waals surface area contributed by atoms with Gasteiger partial charge in [0.25, 0.3) is 5.92 Å². The number of halogens is 2. The van der Waals surface area contributed by atoms with E-state index in [0.29, 0.717) is 12.4 Å². The summed E-state index contributed by atoms with van der Waals surface area (Å²) in [6, 6.07) is 34.4. The zero-order valence-corrected chi connectivity index (χ0v) is 23.1. The summed E-state index contributed by atoms with van der Waals surface area (Å²) in [4.78, 5) is 11.2. The second-order valence-electron chi connectivity index (χ2n) is 10.5. The SMILES string of the molecule is COC(=O)CCC(F)(F)COc1ccc(C2c3ccc(OCc4ccccc4)cc3CCC2c2ccccc2)cc1. The Bertz CT molecular complexity index is 1420. The molecule has 0 saturated heterocycles. The van der Waals surface area contributed by atoms with Gasteiger partial charge in [-0.2, -0.15) is 0 Å². The maximum atomic E-state index is 14.2. The van der Waals surface area contributed by atoms with Crippen LogP contribution in [0.2, 0.25) is 0 Å². The normalized spacial score (nSPS) is 16.5. The molecule has 1 aliphatic rings. The van der Waals surface area contributed by atoms with Crippen molar-refractivity contribution in [2.24, 2.45) is 0 Å². The lowest BCUT2D eigenvalue weighted by Crippen LogP contribution is -2.26. The summed E-state index contributed by atoms with van der Waals surface area (Å²) in [6.07, 6.45) is 0.948. The minimum absolute atomic E-state index is 0.0971. The first-order valence-electron chi connectivity index (χ1n) is 13.9. The van der Waals surface area contributed by atoms with E-state index in [1.807, 2.05) is 42.5 Å². The molecule has 0 N–H and O–H groups in total. The van der Waals surface area contributed by atoms with Crippen LogP contribution in [0.4, 0.5) is 8.78 Å². The van der Waals surface area contributed by atoms with E-state index in [0.717, 1.165) is 29.7 Å². The number of benzene rings is 4. The third-order valence-corrected chi connectivity index (χ3v) is 7.66. The van der Waals surface area contributed by atoms with Crippen LogP contribution in [0.3, 0.4) is 0 Å². The quantitative estimate of drug-likeness (QED) is 0.175. The molecule has 4 aromatic carbocycles. The number of carbonyl (C=O) groups is 1. The van der Waals surface area contributed by atoms with Gasteiger partial charge < -0.3 is 14.2 Å². The monoisotopic (exact) mass is 556 g/mol. The Morgan fingerprint density at radius 3 is 2.22 bits per heavy atom. The predicted molar refractivity (Wildman–Crippen MR) is 155 cm³/mol. The first kappa shape index (κ1) is 28.3. The Labute approximate surface area is 239 Å². The summed E-state index contributed by atoms with van der Waals surface area (Å²) >= 11 is 0. The summed E-state index contributed by atoms with van der Waals surface area (Å²) in [7, 11) is 1.18. The highest BCUT2D eigenvalue weighted by molar-refractivity contribution is 5.69. The van der Waals surface area contributed by atoms with Gasteiger partial charge in [-0.3, -0.25) is 4.79 Å². The Kier molecular flexibility index (Phi) is 8.98. The van der Waals surface area contributed by atoms with E-state index in [1.165, 1.54) is 23.8 Å². The van der Waals surface area contributed by atoms with Gasteiger partial charge in [0.15, 0.2) is 6.61 Å². The van der Waals surface area contributed by atoms with Crippen LogP contribution < -0.4 is 9.47 Å². The second kappa shape index (κ2) is 13.0. The lowest BCUT2D eigenvalue weighted by molar-refractivity contribution is -0.143. The number of alkyl halides is 2. The number of aryl methyl sites for hydroxylation is 1. The van der Waals surface area contributed by atoms with Crippen LogP contribution in [-0.2, 0) is 22.6 Å². The van der Waals surface area contributed by atoms with Gasteiger partial charge in [-0.05, 0) is 70.8 Å². The van der Waals surface area contributed by atoms with Crippen LogP contribution >= 0.6 is 0 Å². The minimum Gasteiger partial charge on any atom is -0.489 e. The third kappa shape index (κ3) is 7.31. The molecule has 41 heavy (non-hydrogen) atoms.